The molecule has 7 heteroatoms. The molecule has 48 heavy (non-hydrogen) atoms. The lowest BCUT2D eigenvalue weighted by molar-refractivity contribution is 0.436. The van der Waals surface area contributed by atoms with Crippen LogP contribution < -0.4 is 4.74 Å². The fourth-order valence-corrected chi connectivity index (χ4v) is 7.24. The maximum Gasteiger partial charge on any atom is 0.248 e. The molecule has 2 aromatic heterocycles. The molecule has 0 bridgehead atoms. The van der Waals surface area contributed by atoms with Crippen molar-refractivity contribution in [2.75, 3.05) is 0 Å². The van der Waals surface area contributed by atoms with E-state index in [1.54, 1.807) is 0 Å². The molecule has 1 aliphatic carbocycles. The molecule has 0 radical (unpaired) electrons. The van der Waals surface area contributed by atoms with Crippen molar-refractivity contribution < 1.29 is 13.6 Å². The summed E-state index contributed by atoms with van der Waals surface area (Å²) in [6.07, 6.45) is 0. The Morgan fingerprint density at radius 2 is 0.833 bits per heavy atom. The molecule has 0 saturated carbocycles. The van der Waals surface area contributed by atoms with E-state index in [0.717, 1.165) is 67.1 Å². The van der Waals surface area contributed by atoms with Crippen molar-refractivity contribution in [3.63, 3.8) is 0 Å². The van der Waals surface area contributed by atoms with Gasteiger partial charge in [-0.1, -0.05) is 84.9 Å². The molecule has 0 N–H and O–H groups in total. The van der Waals surface area contributed by atoms with E-state index in [2.05, 4.69) is 81.1 Å². The van der Waals surface area contributed by atoms with E-state index in [-0.39, 0.29) is 0 Å². The zero-order valence-electron chi connectivity index (χ0n) is 25.4. The van der Waals surface area contributed by atoms with Gasteiger partial charge in [0.2, 0.25) is 23.6 Å². The van der Waals surface area contributed by atoms with E-state index in [9.17, 15) is 0 Å². The highest BCUT2D eigenvalue weighted by Gasteiger charge is 2.51. The van der Waals surface area contributed by atoms with E-state index < -0.39 is 5.41 Å². The molecular formula is C41H24N4O3. The molecule has 1 unspecified atom stereocenters. The van der Waals surface area contributed by atoms with Gasteiger partial charge in [0.15, 0.2) is 0 Å². The summed E-state index contributed by atoms with van der Waals surface area (Å²) in [6, 6.07) is 49.0. The Balaban J connectivity index is 1.20. The van der Waals surface area contributed by atoms with E-state index >= 15 is 0 Å². The summed E-state index contributed by atoms with van der Waals surface area (Å²) in [4.78, 5) is 0. The third kappa shape index (κ3) is 3.82. The first-order valence-corrected chi connectivity index (χ1v) is 15.7. The summed E-state index contributed by atoms with van der Waals surface area (Å²) in [5, 5.41) is 17.7. The van der Waals surface area contributed by atoms with Crippen LogP contribution in [-0.2, 0) is 5.41 Å². The maximum absolute atomic E-state index is 6.62. The number of fused-ring (bicyclic) bond motifs is 9. The quantitative estimate of drug-likeness (QED) is 0.194. The summed E-state index contributed by atoms with van der Waals surface area (Å²) in [5.41, 5.74) is 9.25. The Labute approximate surface area is 275 Å². The highest BCUT2D eigenvalue weighted by molar-refractivity contribution is 5.90. The highest BCUT2D eigenvalue weighted by Crippen LogP contribution is 2.62. The minimum Gasteiger partial charge on any atom is -0.457 e. The lowest BCUT2D eigenvalue weighted by atomic mass is 9.65. The Hall–Kier alpha value is -6.60. The maximum atomic E-state index is 6.62. The minimum absolute atomic E-state index is 0.435. The Bertz CT molecular complexity index is 2500. The molecule has 0 saturated heterocycles. The summed E-state index contributed by atoms with van der Waals surface area (Å²) in [7, 11) is 0. The van der Waals surface area contributed by atoms with Crippen LogP contribution in [0.1, 0.15) is 22.3 Å². The third-order valence-electron chi connectivity index (χ3n) is 9.32. The van der Waals surface area contributed by atoms with Crippen LogP contribution in [0.25, 0.3) is 56.9 Å². The predicted octanol–water partition coefficient (Wildman–Crippen LogP) is 9.59. The normalized spacial score (nSPS) is 15.3. The number of rotatable bonds is 4. The first kappa shape index (κ1) is 26.6. The van der Waals surface area contributed by atoms with Gasteiger partial charge in [-0.25, -0.2) is 0 Å². The minimum atomic E-state index is -0.716. The molecule has 1 atom stereocenters. The van der Waals surface area contributed by atoms with Gasteiger partial charge in [-0.15, -0.1) is 20.4 Å². The monoisotopic (exact) mass is 620 g/mol. The van der Waals surface area contributed by atoms with Crippen LogP contribution in [0.15, 0.2) is 154 Å². The van der Waals surface area contributed by atoms with Gasteiger partial charge in [0.1, 0.15) is 11.5 Å². The zero-order valence-corrected chi connectivity index (χ0v) is 25.4. The van der Waals surface area contributed by atoms with E-state index in [1.807, 2.05) is 84.9 Å². The molecule has 0 fully saturated rings. The van der Waals surface area contributed by atoms with Gasteiger partial charge in [-0.2, -0.15) is 0 Å². The van der Waals surface area contributed by atoms with E-state index in [4.69, 9.17) is 13.6 Å². The zero-order chi connectivity index (χ0) is 31.7. The number of hydrogen-bond donors (Lipinski definition) is 0. The fraction of sp³-hybridized carbons (Fsp3) is 0.0244. The number of para-hydroxylation sites is 1. The molecule has 226 valence electrons. The number of ether oxygens (including phenoxy) is 1. The summed E-state index contributed by atoms with van der Waals surface area (Å²) in [6.45, 7) is 0. The van der Waals surface area contributed by atoms with Gasteiger partial charge in [-0.05, 0) is 82.9 Å². The molecule has 1 aliphatic heterocycles. The van der Waals surface area contributed by atoms with Crippen LogP contribution in [-0.4, -0.2) is 20.4 Å². The number of benzene rings is 6. The van der Waals surface area contributed by atoms with Crippen LogP contribution in [0, 0.1) is 0 Å². The van der Waals surface area contributed by atoms with Crippen LogP contribution in [0.2, 0.25) is 0 Å². The Morgan fingerprint density at radius 3 is 1.50 bits per heavy atom. The SMILES string of the molecule is c1ccc(-c2nnc(-c3ccc4c(c3)C3(c5ccccc5O4)c4ccccc4-c4ccc(-c5nnc(-c6ccccc6)o5)cc43)o2)cc1. The van der Waals surface area contributed by atoms with Gasteiger partial charge in [0.05, 0.1) is 5.41 Å². The third-order valence-corrected chi connectivity index (χ3v) is 9.32. The summed E-state index contributed by atoms with van der Waals surface area (Å²) < 4.78 is 19.1. The van der Waals surface area contributed by atoms with Crippen LogP contribution in [0.5, 0.6) is 11.5 Å². The van der Waals surface area contributed by atoms with Gasteiger partial charge >= 0.3 is 0 Å². The first-order chi connectivity index (χ1) is 23.8. The summed E-state index contributed by atoms with van der Waals surface area (Å²) in [5.74, 6) is 3.40. The van der Waals surface area contributed by atoms with Crippen LogP contribution >= 0.6 is 0 Å². The average Bonchev–Trinajstić information content (AvgIpc) is 3.91. The molecular weight excluding hydrogens is 596 g/mol. The van der Waals surface area contributed by atoms with Crippen molar-refractivity contribution >= 4 is 0 Å². The average molecular weight is 621 g/mol. The fourth-order valence-electron chi connectivity index (χ4n) is 7.24. The van der Waals surface area contributed by atoms with Crippen molar-refractivity contribution in [1.29, 1.82) is 0 Å². The number of aromatic nitrogens is 4. The largest absolute Gasteiger partial charge is 0.457 e. The predicted molar refractivity (Wildman–Crippen MR) is 181 cm³/mol. The van der Waals surface area contributed by atoms with Gasteiger partial charge in [0.25, 0.3) is 0 Å². The topological polar surface area (TPSA) is 87.1 Å². The number of hydrogen-bond acceptors (Lipinski definition) is 7. The molecule has 0 amide bonds. The van der Waals surface area contributed by atoms with E-state index in [1.165, 1.54) is 0 Å². The molecule has 6 aromatic carbocycles. The van der Waals surface area contributed by atoms with Gasteiger partial charge in [-0.3, -0.25) is 0 Å². The molecule has 2 aliphatic rings. The van der Waals surface area contributed by atoms with Crippen molar-refractivity contribution in [1.82, 2.24) is 20.4 Å². The van der Waals surface area contributed by atoms with Crippen molar-refractivity contribution in [2.45, 2.75) is 5.41 Å². The number of nitrogens with zero attached hydrogens (tertiary/aromatic N) is 4. The van der Waals surface area contributed by atoms with Gasteiger partial charge < -0.3 is 13.6 Å². The molecule has 7 nitrogen and oxygen atoms in total. The summed E-state index contributed by atoms with van der Waals surface area (Å²) >= 11 is 0. The van der Waals surface area contributed by atoms with Crippen molar-refractivity contribution in [3.8, 4) is 68.4 Å². The second-order valence-electron chi connectivity index (χ2n) is 11.9. The van der Waals surface area contributed by atoms with Crippen LogP contribution in [0.3, 0.4) is 0 Å². The Morgan fingerprint density at radius 1 is 0.354 bits per heavy atom. The van der Waals surface area contributed by atoms with Gasteiger partial charge in [0, 0.05) is 33.4 Å². The molecule has 8 aromatic rings. The highest BCUT2D eigenvalue weighted by atomic mass is 16.5. The molecule has 3 heterocycles. The Kier molecular flexibility index (Phi) is 5.65. The molecule has 1 spiro atoms. The standard InChI is InChI=1S/C41H24N4O3/c1-3-11-25(12-4-1)37-42-44-39(47-37)27-19-21-30-29-15-7-8-16-31(29)41(33(30)23-27)32-17-9-10-18-35(32)46-36-22-20-28(24-34(36)41)40-45-43-38(48-40)26-13-5-2-6-14-26/h1-24H. The molecule has 10 rings (SSSR count). The lowest BCUT2D eigenvalue weighted by Crippen LogP contribution is -2.32. The smallest absolute Gasteiger partial charge is 0.248 e. The second-order valence-corrected chi connectivity index (χ2v) is 11.9. The van der Waals surface area contributed by atoms with E-state index in [0.29, 0.717) is 23.6 Å². The van der Waals surface area contributed by atoms with Crippen molar-refractivity contribution in [3.05, 3.63) is 168 Å². The lowest BCUT2D eigenvalue weighted by Gasteiger charge is -2.39. The van der Waals surface area contributed by atoms with Crippen LogP contribution in [0.4, 0.5) is 0 Å². The van der Waals surface area contributed by atoms with Crippen molar-refractivity contribution in [2.24, 2.45) is 0 Å². The first-order valence-electron chi connectivity index (χ1n) is 15.7. The second kappa shape index (κ2) is 10.2.